The van der Waals surface area contributed by atoms with Gasteiger partial charge in [-0.1, -0.05) is 32.9 Å². The van der Waals surface area contributed by atoms with E-state index in [1.165, 1.54) is 58.8 Å². The predicted octanol–water partition coefficient (Wildman–Crippen LogP) is 14.0. The molecule has 83 heavy (non-hydrogen) atoms. The lowest BCUT2D eigenvalue weighted by Gasteiger charge is -2.36. The molecule has 0 atom stereocenters. The Labute approximate surface area is 538 Å². The molecule has 8 rings (SSSR count). The molecule has 0 radical (unpaired) electrons. The second kappa shape index (κ2) is 32.2. The molecule has 0 amide bonds. The number of rotatable bonds is 10. The monoisotopic (exact) mass is 1390 g/mol. The van der Waals surface area contributed by atoms with Crippen LogP contribution in [0, 0.1) is 69.2 Å². The Morgan fingerprint density at radius 3 is 1.13 bits per heavy atom. The van der Waals surface area contributed by atoms with E-state index in [1.807, 2.05) is 26.8 Å². The zero-order valence-electron chi connectivity index (χ0n) is 50.0. The average molecular weight is 1400 g/mol. The molecule has 0 aliphatic rings. The fourth-order valence-corrected chi connectivity index (χ4v) is 26.7. The first kappa shape index (κ1) is 70.7. The summed E-state index contributed by atoms with van der Waals surface area (Å²) in [5.41, 5.74) is 15.6. The first-order valence-electron chi connectivity index (χ1n) is 25.6. The largest absolute Gasteiger partial charge is 0.496 e. The van der Waals surface area contributed by atoms with Crippen LogP contribution in [-0.4, -0.2) is 61.8 Å². The van der Waals surface area contributed by atoms with Gasteiger partial charge in [0.1, 0.15) is 23.0 Å². The third-order valence-electron chi connectivity index (χ3n) is 14.9. The number of methoxy groups -OCH3 is 4. The number of aromatic nitrogens is 4. The van der Waals surface area contributed by atoms with Crippen molar-refractivity contribution in [1.29, 1.82) is 0 Å². The summed E-state index contributed by atoms with van der Waals surface area (Å²) < 4.78 is 29.8. The van der Waals surface area contributed by atoms with Crippen LogP contribution >= 0.6 is 0 Å². The number of hydrogen-bond donors (Lipinski definition) is 1. The van der Waals surface area contributed by atoms with Crippen molar-refractivity contribution in [3.8, 4) is 45.8 Å². The molecule has 4 heterocycles. The van der Waals surface area contributed by atoms with Crippen molar-refractivity contribution in [3.05, 3.63) is 116 Å². The summed E-state index contributed by atoms with van der Waals surface area (Å²) in [7, 11) is 19.6. The van der Waals surface area contributed by atoms with Crippen LogP contribution < -0.4 is 18.9 Å². The number of nitrogens with zero attached hydrogens (tertiary/aromatic N) is 4. The van der Waals surface area contributed by atoms with Crippen LogP contribution in [-0.2, 0) is 151 Å². The van der Waals surface area contributed by atoms with E-state index in [0.717, 1.165) is 145 Å². The predicted molar refractivity (Wildman–Crippen MR) is 390 cm³/mol. The fraction of sp³-hybridized carbons (Fsp3) is 0.379. The Morgan fingerprint density at radius 2 is 0.783 bits per heavy atom. The fourth-order valence-electron chi connectivity index (χ4n) is 9.29. The summed E-state index contributed by atoms with van der Waals surface area (Å²) in [6.45, 7) is 32.4. The molecule has 25 heteroatoms. The quantitative estimate of drug-likeness (QED) is 0.131. The average Bonchev–Trinajstić information content (AvgIpc) is 1.73. The molecule has 0 saturated heterocycles. The van der Waals surface area contributed by atoms with Crippen molar-refractivity contribution in [2.75, 3.05) is 28.4 Å². The molecule has 0 spiro atoms. The van der Waals surface area contributed by atoms with Crippen LogP contribution in [0.5, 0.6) is 23.0 Å². The van der Waals surface area contributed by atoms with Crippen LogP contribution in [0.2, 0.25) is 18.1 Å². The van der Waals surface area contributed by atoms with Crippen molar-refractivity contribution in [2.24, 2.45) is 0 Å². The summed E-state index contributed by atoms with van der Waals surface area (Å²) >= 11 is 18.2. The lowest BCUT2D eigenvalue weighted by molar-refractivity contribution is 0.272. The molecule has 0 saturated carbocycles. The van der Waals surface area contributed by atoms with E-state index >= 15 is 0 Å². The van der Waals surface area contributed by atoms with Gasteiger partial charge in [-0.15, -0.1) is 0 Å². The van der Waals surface area contributed by atoms with Crippen molar-refractivity contribution in [2.45, 2.75) is 121 Å². The smallest absolute Gasteiger partial charge is 0.192 e. The maximum absolute atomic E-state index is 9.88. The van der Waals surface area contributed by atoms with Gasteiger partial charge in [0.15, 0.2) is 8.32 Å². The highest BCUT2D eigenvalue weighted by Crippen LogP contribution is 2.43. The Bertz CT molecular complexity index is 4240. The molecule has 446 valence electrons. The first-order valence-corrected chi connectivity index (χ1v) is 44.5. The number of hydrogen-bond acceptors (Lipinski definition) is 14. The summed E-state index contributed by atoms with van der Waals surface area (Å²) in [4.78, 5) is 19.9. The Morgan fingerprint density at radius 1 is 0.446 bits per heavy atom. The van der Waals surface area contributed by atoms with Gasteiger partial charge < -0.3 is 28.5 Å². The van der Waals surface area contributed by atoms with Crippen molar-refractivity contribution in [1.82, 2.24) is 19.9 Å². The topological polar surface area (TPSA) is 118 Å². The van der Waals surface area contributed by atoms with Gasteiger partial charge in [-0.25, -0.2) is 9.97 Å². The van der Waals surface area contributed by atoms with Crippen LogP contribution in [0.4, 0.5) is 0 Å². The van der Waals surface area contributed by atoms with Gasteiger partial charge in [0.25, 0.3) is 0 Å². The molecule has 0 fully saturated rings. The van der Waals surface area contributed by atoms with Crippen LogP contribution in [0.1, 0.15) is 88.1 Å². The zero-order valence-corrected chi connectivity index (χ0v) is 62.5. The molecule has 1 N–H and O–H groups in total. The van der Waals surface area contributed by atoms with E-state index in [4.69, 9.17) is 43.3 Å². The minimum absolute atomic E-state index is 0.115. The van der Waals surface area contributed by atoms with E-state index in [-0.39, 0.29) is 11.6 Å². The molecular weight excluding hydrogens is 1330 g/mol. The Balaban J connectivity index is 0.000000250. The molecule has 4 aromatic heterocycles. The van der Waals surface area contributed by atoms with E-state index < -0.39 is 8.32 Å². The SMILES string of the molecule is COc1c(C)c(C)cc2c(-c3cc4cc(C)c(C)c(OC)c4c(C)n3)nc(CO)cc12.COc1c(C)c(C)cc2c(-c3cc4cc(C)c(C)c(OC)c4c(C)n3)nc(CO[Si](C)(C)C(C)(C)C)cc12.S=S=S=S=S=S.S=S=S=S=S=S=S=S. The van der Waals surface area contributed by atoms with E-state index in [2.05, 4.69) is 170 Å². The number of fused-ring (bicyclic) bond motifs is 4. The zero-order chi connectivity index (χ0) is 61.7. The van der Waals surface area contributed by atoms with Crippen LogP contribution in [0.3, 0.4) is 0 Å². The molecular formula is C58H70N4O6S14Si. The Hall–Kier alpha value is -3.06. The molecule has 0 aliphatic carbocycles. The molecule has 10 nitrogen and oxygen atoms in total. The minimum Gasteiger partial charge on any atom is -0.496 e. The lowest BCUT2D eigenvalue weighted by atomic mass is 9.96. The molecule has 0 aliphatic heterocycles. The highest BCUT2D eigenvalue weighted by Gasteiger charge is 2.37. The first-order chi connectivity index (χ1) is 39.3. The molecule has 0 bridgehead atoms. The van der Waals surface area contributed by atoms with Crippen LogP contribution in [0.15, 0.2) is 48.5 Å². The summed E-state index contributed by atoms with van der Waals surface area (Å²) in [5.74, 6) is 3.43. The standard InChI is InChI=1S/C32H42N2O3Si.C26H28N2O3.S8.S6/c1-18-13-23-15-27(33-22(5)28(23)31(36-10)21(18)4)29-25-14-19(2)20(3)30(35-9)26(25)16-24(34-29)17-37-38(11,12)32(6,7)8;1-13-8-18-10-22(27-17(5)23(18)26(31-7)16(13)4)24-20-9-14(2)15(3)25(30-6)21(20)11-19(12-29)28-24;1-3-5-7-8-6-4-2;1-3-5-6-4-2/h13-16H,17H2,1-12H3;8-11,29H,12H2,1-7H3;;. The van der Waals surface area contributed by atoms with Gasteiger partial charge in [0.2, 0.25) is 0 Å². The maximum Gasteiger partial charge on any atom is 0.192 e. The van der Waals surface area contributed by atoms with E-state index in [0.29, 0.717) is 12.3 Å². The molecule has 8 aromatic rings. The third-order valence-corrected chi connectivity index (χ3v) is 37.2. The number of aryl methyl sites for hydroxylation is 6. The maximum atomic E-state index is 9.88. The molecule has 0 unspecified atom stereocenters. The highest BCUT2D eigenvalue weighted by molar-refractivity contribution is 8.70. The normalized spacial score (nSPS) is 11.0. The third kappa shape index (κ3) is 17.0. The summed E-state index contributed by atoms with van der Waals surface area (Å²) in [6, 6.07) is 16.9. The van der Waals surface area contributed by atoms with Crippen LogP contribution in [0.25, 0.3) is 65.9 Å². The summed E-state index contributed by atoms with van der Waals surface area (Å²) in [5, 5.41) is 18.2. The van der Waals surface area contributed by atoms with E-state index in [1.54, 1.807) is 64.0 Å². The van der Waals surface area contributed by atoms with Crippen molar-refractivity contribution in [3.63, 3.8) is 0 Å². The number of aliphatic hydroxyl groups is 1. The Kier molecular flexibility index (Phi) is 27.5. The van der Waals surface area contributed by atoms with Gasteiger partial charge in [0.05, 0.1) is 75.8 Å². The van der Waals surface area contributed by atoms with Gasteiger partial charge in [-0.05, 0) is 179 Å². The number of pyridine rings is 4. The van der Waals surface area contributed by atoms with Crippen molar-refractivity contribution >= 4 is 185 Å². The highest BCUT2D eigenvalue weighted by atomic mass is 33.4. The number of ether oxygens (including phenoxy) is 4. The summed E-state index contributed by atoms with van der Waals surface area (Å²) in [6.07, 6.45) is 0. The number of aliphatic hydroxyl groups excluding tert-OH is 1. The van der Waals surface area contributed by atoms with Gasteiger partial charge in [-0.3, -0.25) is 9.97 Å². The second-order valence-electron chi connectivity index (χ2n) is 20.8. The number of benzene rings is 4. The van der Waals surface area contributed by atoms with Gasteiger partial charge >= 0.3 is 0 Å². The molecule has 4 aromatic carbocycles. The van der Waals surface area contributed by atoms with E-state index in [9.17, 15) is 5.11 Å². The van der Waals surface area contributed by atoms with Gasteiger partial charge in [-0.2, -0.15) is 0 Å². The second-order valence-corrected chi connectivity index (χ2v) is 43.3. The van der Waals surface area contributed by atoms with Crippen molar-refractivity contribution < 1.29 is 28.5 Å². The lowest BCUT2D eigenvalue weighted by Crippen LogP contribution is -2.40. The van der Waals surface area contributed by atoms with Gasteiger partial charge in [0, 0.05) is 177 Å². The minimum atomic E-state index is -1.96.